The summed E-state index contributed by atoms with van der Waals surface area (Å²) in [6.07, 6.45) is 0.791. The maximum absolute atomic E-state index is 14.0. The van der Waals surface area contributed by atoms with Gasteiger partial charge in [-0.1, -0.05) is 6.07 Å². The molecule has 0 spiro atoms. The van der Waals surface area contributed by atoms with Gasteiger partial charge in [0.25, 0.3) is 0 Å². The van der Waals surface area contributed by atoms with Crippen LogP contribution in [0.15, 0.2) is 23.2 Å². The minimum atomic E-state index is -0.604. The van der Waals surface area contributed by atoms with Crippen LogP contribution in [0.5, 0.6) is 0 Å². The fourth-order valence-electron chi connectivity index (χ4n) is 2.45. The third kappa shape index (κ3) is 6.97. The predicted octanol–water partition coefficient (Wildman–Crippen LogP) is 2.85. The Morgan fingerprint density at radius 3 is 2.68 bits per heavy atom. The highest BCUT2D eigenvalue weighted by Gasteiger charge is 2.14. The molecule has 7 nitrogen and oxygen atoms in total. The fraction of sp³-hybridized carbons (Fsp3) is 0.500. The number of aliphatic imine (C=N–C) groups is 1. The molecule has 2 rings (SSSR count). The van der Waals surface area contributed by atoms with Crippen LogP contribution in [0, 0.1) is 18.6 Å². The van der Waals surface area contributed by atoms with Gasteiger partial charge < -0.3 is 19.9 Å². The van der Waals surface area contributed by atoms with E-state index in [0.717, 1.165) is 18.3 Å². The number of hydrogen-bond donors (Lipinski definition) is 2. The van der Waals surface area contributed by atoms with Gasteiger partial charge in [0.2, 0.25) is 0 Å². The van der Waals surface area contributed by atoms with E-state index in [1.807, 2.05) is 18.5 Å². The van der Waals surface area contributed by atoms with Crippen molar-refractivity contribution in [1.29, 1.82) is 0 Å². The van der Waals surface area contributed by atoms with E-state index in [-0.39, 0.29) is 24.0 Å². The topological polar surface area (TPSA) is 76.4 Å². The van der Waals surface area contributed by atoms with Gasteiger partial charge in [-0.25, -0.2) is 13.8 Å². The van der Waals surface area contributed by atoms with E-state index in [4.69, 9.17) is 4.74 Å². The first-order valence-electron chi connectivity index (χ1n) is 8.76. The van der Waals surface area contributed by atoms with Crippen molar-refractivity contribution in [2.24, 2.45) is 12.0 Å². The lowest BCUT2D eigenvalue weighted by Crippen LogP contribution is -2.39. The lowest BCUT2D eigenvalue weighted by molar-refractivity contribution is 0.195. The van der Waals surface area contributed by atoms with Gasteiger partial charge in [0, 0.05) is 38.9 Å². The van der Waals surface area contributed by atoms with Crippen molar-refractivity contribution >= 4 is 29.9 Å². The first-order valence-corrected chi connectivity index (χ1v) is 8.76. The number of hydrogen-bond acceptors (Lipinski definition) is 4. The molecule has 0 saturated carbocycles. The molecule has 0 fully saturated rings. The predicted molar refractivity (Wildman–Crippen MR) is 115 cm³/mol. The number of nitrogens with one attached hydrogen (secondary N) is 2. The third-order valence-electron chi connectivity index (χ3n) is 4.16. The molecule has 0 aliphatic heterocycles. The van der Waals surface area contributed by atoms with Crippen molar-refractivity contribution in [3.63, 3.8) is 0 Å². The Kier molecular flexibility index (Phi) is 10.3. The Balaban J connectivity index is 0.00000392. The lowest BCUT2D eigenvalue weighted by atomic mass is 10.1. The SMILES string of the molecule is COCCCNC(=NCc1nnc(C)n1C)NC(C)c1ccc(F)cc1F.I. The number of guanidine groups is 1. The highest BCUT2D eigenvalue weighted by atomic mass is 127. The molecule has 1 aromatic carbocycles. The summed E-state index contributed by atoms with van der Waals surface area (Å²) in [5.74, 6) is 0.809. The monoisotopic (exact) mass is 508 g/mol. The van der Waals surface area contributed by atoms with Crippen LogP contribution in [0.3, 0.4) is 0 Å². The Hall–Kier alpha value is -1.82. The highest BCUT2D eigenvalue weighted by molar-refractivity contribution is 14.0. The van der Waals surface area contributed by atoms with E-state index >= 15 is 0 Å². The summed E-state index contributed by atoms with van der Waals surface area (Å²) in [7, 11) is 3.51. The third-order valence-corrected chi connectivity index (χ3v) is 4.16. The van der Waals surface area contributed by atoms with E-state index < -0.39 is 17.7 Å². The van der Waals surface area contributed by atoms with Crippen LogP contribution in [0.4, 0.5) is 8.78 Å². The van der Waals surface area contributed by atoms with Crippen LogP contribution in [-0.2, 0) is 18.3 Å². The van der Waals surface area contributed by atoms with E-state index in [0.29, 0.717) is 37.0 Å². The number of aromatic nitrogens is 3. The van der Waals surface area contributed by atoms with Crippen molar-refractivity contribution in [3.8, 4) is 0 Å². The number of rotatable bonds is 8. The van der Waals surface area contributed by atoms with Gasteiger partial charge in [-0.2, -0.15) is 0 Å². The van der Waals surface area contributed by atoms with Gasteiger partial charge in [0.05, 0.1) is 6.04 Å². The molecular weight excluding hydrogens is 481 g/mol. The number of ether oxygens (including phenoxy) is 1. The second-order valence-corrected chi connectivity index (χ2v) is 6.19. The van der Waals surface area contributed by atoms with Gasteiger partial charge in [-0.15, -0.1) is 34.2 Å². The molecule has 1 atom stereocenters. The van der Waals surface area contributed by atoms with E-state index in [1.54, 1.807) is 14.0 Å². The molecule has 0 bridgehead atoms. The maximum Gasteiger partial charge on any atom is 0.192 e. The van der Waals surface area contributed by atoms with Crippen molar-refractivity contribution in [2.75, 3.05) is 20.3 Å². The number of nitrogens with zero attached hydrogens (tertiary/aromatic N) is 4. The summed E-state index contributed by atoms with van der Waals surface area (Å²) in [4.78, 5) is 4.51. The minimum Gasteiger partial charge on any atom is -0.385 e. The Bertz CT molecular complexity index is 783. The second kappa shape index (κ2) is 11.9. The smallest absolute Gasteiger partial charge is 0.192 e. The molecular formula is C18H27F2IN6O. The summed E-state index contributed by atoms with van der Waals surface area (Å²) in [6.45, 7) is 5.22. The fourth-order valence-corrected chi connectivity index (χ4v) is 2.45. The molecule has 10 heteroatoms. The molecule has 0 aliphatic rings. The van der Waals surface area contributed by atoms with Crippen molar-refractivity contribution in [1.82, 2.24) is 25.4 Å². The number of benzene rings is 1. The van der Waals surface area contributed by atoms with E-state index in [1.165, 1.54) is 12.1 Å². The summed E-state index contributed by atoms with van der Waals surface area (Å²) >= 11 is 0. The molecule has 0 saturated heterocycles. The Morgan fingerprint density at radius 2 is 2.07 bits per heavy atom. The molecule has 28 heavy (non-hydrogen) atoms. The molecule has 0 radical (unpaired) electrons. The maximum atomic E-state index is 14.0. The summed E-state index contributed by atoms with van der Waals surface area (Å²) < 4.78 is 34.1. The number of aryl methyl sites for hydroxylation is 1. The van der Waals surface area contributed by atoms with Gasteiger partial charge in [-0.3, -0.25) is 0 Å². The van der Waals surface area contributed by atoms with E-state index in [9.17, 15) is 8.78 Å². The lowest BCUT2D eigenvalue weighted by Gasteiger charge is -2.19. The number of halogens is 3. The van der Waals surface area contributed by atoms with Gasteiger partial charge in [0.1, 0.15) is 24.0 Å². The molecule has 1 unspecified atom stereocenters. The average molecular weight is 508 g/mol. The average Bonchev–Trinajstić information content (AvgIpc) is 2.94. The van der Waals surface area contributed by atoms with Gasteiger partial charge in [-0.05, 0) is 26.3 Å². The van der Waals surface area contributed by atoms with Crippen LogP contribution >= 0.6 is 24.0 Å². The molecule has 2 N–H and O–H groups in total. The Morgan fingerprint density at radius 1 is 1.32 bits per heavy atom. The summed E-state index contributed by atoms with van der Waals surface area (Å²) in [5, 5.41) is 14.4. The molecule has 2 aromatic rings. The summed E-state index contributed by atoms with van der Waals surface area (Å²) in [6, 6.07) is 3.14. The van der Waals surface area contributed by atoms with Crippen LogP contribution in [0.2, 0.25) is 0 Å². The summed E-state index contributed by atoms with van der Waals surface area (Å²) in [5.41, 5.74) is 0.359. The zero-order valence-corrected chi connectivity index (χ0v) is 18.8. The van der Waals surface area contributed by atoms with Crippen molar-refractivity contribution in [3.05, 3.63) is 47.0 Å². The largest absolute Gasteiger partial charge is 0.385 e. The first kappa shape index (κ1) is 24.2. The van der Waals surface area contributed by atoms with Crippen LogP contribution in [0.25, 0.3) is 0 Å². The van der Waals surface area contributed by atoms with Crippen LogP contribution in [0.1, 0.15) is 36.6 Å². The van der Waals surface area contributed by atoms with E-state index in [2.05, 4.69) is 25.8 Å². The highest BCUT2D eigenvalue weighted by Crippen LogP contribution is 2.17. The Labute approximate surface area is 181 Å². The normalized spacial score (nSPS) is 12.4. The molecule has 156 valence electrons. The van der Waals surface area contributed by atoms with Crippen molar-refractivity contribution in [2.45, 2.75) is 32.9 Å². The van der Waals surface area contributed by atoms with Gasteiger partial charge in [0.15, 0.2) is 11.8 Å². The van der Waals surface area contributed by atoms with Crippen LogP contribution < -0.4 is 10.6 Å². The molecule has 1 aromatic heterocycles. The quantitative estimate of drug-likeness (QED) is 0.248. The standard InChI is InChI=1S/C18H26F2N6O.HI/c1-12(15-7-6-14(19)10-16(15)20)23-18(21-8-5-9-27-4)22-11-17-25-24-13(2)26(17)3;/h6-7,10,12H,5,8-9,11H2,1-4H3,(H2,21,22,23);1H. The van der Waals surface area contributed by atoms with Crippen LogP contribution in [-0.4, -0.2) is 41.0 Å². The zero-order valence-electron chi connectivity index (χ0n) is 16.5. The second-order valence-electron chi connectivity index (χ2n) is 6.19. The van der Waals surface area contributed by atoms with Crippen molar-refractivity contribution < 1.29 is 13.5 Å². The molecule has 0 aliphatic carbocycles. The van der Waals surface area contributed by atoms with Gasteiger partial charge >= 0.3 is 0 Å². The molecule has 1 heterocycles. The number of methoxy groups -OCH3 is 1. The zero-order chi connectivity index (χ0) is 19.8. The molecule has 0 amide bonds. The minimum absolute atomic E-state index is 0. The first-order chi connectivity index (χ1) is 12.9.